The number of carbonyl (C=O) groups is 2. The molecule has 0 aromatic heterocycles. The van der Waals surface area contributed by atoms with Gasteiger partial charge in [-0.25, -0.2) is 0 Å². The molecule has 2 aromatic carbocycles. The second-order valence-corrected chi connectivity index (χ2v) is 7.60. The number of carbonyl (C=O) groups excluding carboxylic acids is 2. The molecule has 0 radical (unpaired) electrons. The maximum Gasteiger partial charge on any atom is 0.267 e. The molecule has 3 rings (SSSR count). The lowest BCUT2D eigenvalue weighted by atomic mass is 10.1. The third-order valence-corrected chi connectivity index (χ3v) is 4.53. The Balaban J connectivity index is 1.74. The predicted octanol–water partition coefficient (Wildman–Crippen LogP) is 4.76. The fourth-order valence-electron chi connectivity index (χ4n) is 2.97. The van der Waals surface area contributed by atoms with Crippen LogP contribution in [0, 0.1) is 5.92 Å². The quantitative estimate of drug-likeness (QED) is 0.738. The number of nitrogens with zero attached hydrogens (tertiary/aromatic N) is 1. The highest BCUT2D eigenvalue weighted by Gasteiger charge is 2.31. The molecular formula is C22H23ClN2O3. The van der Waals surface area contributed by atoms with Crippen molar-refractivity contribution in [3.63, 3.8) is 0 Å². The van der Waals surface area contributed by atoms with Gasteiger partial charge in [0.1, 0.15) is 5.75 Å². The maximum absolute atomic E-state index is 12.4. The van der Waals surface area contributed by atoms with Gasteiger partial charge in [0.25, 0.3) is 5.91 Å². The van der Waals surface area contributed by atoms with Gasteiger partial charge in [0.2, 0.25) is 5.91 Å². The van der Waals surface area contributed by atoms with Gasteiger partial charge < -0.3 is 15.0 Å². The van der Waals surface area contributed by atoms with E-state index in [1.54, 1.807) is 48.2 Å². The number of nitrogens with one attached hydrogen (secondary N) is 1. The molecule has 1 aliphatic rings. The molecule has 0 saturated heterocycles. The number of benzene rings is 2. The first kappa shape index (κ1) is 20.0. The Morgan fingerprint density at radius 2 is 1.96 bits per heavy atom. The monoisotopic (exact) mass is 398 g/mol. The van der Waals surface area contributed by atoms with E-state index < -0.39 is 6.10 Å². The summed E-state index contributed by atoms with van der Waals surface area (Å²) in [6.07, 6.45) is 2.62. The van der Waals surface area contributed by atoms with Crippen LogP contribution in [0.3, 0.4) is 0 Å². The van der Waals surface area contributed by atoms with E-state index in [4.69, 9.17) is 16.3 Å². The number of rotatable bonds is 5. The van der Waals surface area contributed by atoms with Crippen molar-refractivity contribution in [2.24, 2.45) is 5.92 Å². The minimum atomic E-state index is -0.554. The number of halogens is 1. The topological polar surface area (TPSA) is 58.6 Å². The molecule has 1 aliphatic heterocycles. The standard InChI is InChI=1S/C22H23ClN2O3/c1-14(2)13-25-19-10-9-18(12-20(19)28-15(3)22(25)27)24-21(26)11-6-16-4-7-17(23)8-5-16/h4-12,14-15H,13H2,1-3H3,(H,24,26)/b11-6+. The van der Waals surface area contributed by atoms with Gasteiger partial charge in [0, 0.05) is 29.4 Å². The molecule has 28 heavy (non-hydrogen) atoms. The summed E-state index contributed by atoms with van der Waals surface area (Å²) in [6.45, 7) is 6.48. The molecule has 1 N–H and O–H groups in total. The first-order chi connectivity index (χ1) is 13.3. The Bertz CT molecular complexity index is 906. The zero-order valence-corrected chi connectivity index (χ0v) is 16.9. The van der Waals surface area contributed by atoms with Crippen LogP contribution < -0.4 is 15.0 Å². The third kappa shape index (κ3) is 4.73. The van der Waals surface area contributed by atoms with Gasteiger partial charge in [-0.2, -0.15) is 0 Å². The van der Waals surface area contributed by atoms with Gasteiger partial charge in [-0.05, 0) is 48.7 Å². The summed E-state index contributed by atoms with van der Waals surface area (Å²) in [5.41, 5.74) is 2.21. The Hall–Kier alpha value is -2.79. The van der Waals surface area contributed by atoms with Crippen LogP contribution >= 0.6 is 11.6 Å². The molecule has 2 aromatic rings. The van der Waals surface area contributed by atoms with Crippen LogP contribution in [0.25, 0.3) is 6.08 Å². The van der Waals surface area contributed by atoms with Crippen LogP contribution in [-0.4, -0.2) is 24.5 Å². The van der Waals surface area contributed by atoms with E-state index in [1.807, 2.05) is 12.1 Å². The molecule has 0 saturated carbocycles. The normalized spacial score (nSPS) is 16.2. The van der Waals surface area contributed by atoms with Crippen molar-refractivity contribution in [2.75, 3.05) is 16.8 Å². The van der Waals surface area contributed by atoms with Crippen molar-refractivity contribution in [2.45, 2.75) is 26.9 Å². The van der Waals surface area contributed by atoms with Crippen molar-refractivity contribution in [3.8, 4) is 5.75 Å². The number of hydrogen-bond acceptors (Lipinski definition) is 3. The highest BCUT2D eigenvalue weighted by Crippen LogP contribution is 2.36. The number of anilines is 2. The van der Waals surface area contributed by atoms with Crippen LogP contribution in [0.15, 0.2) is 48.5 Å². The number of hydrogen-bond donors (Lipinski definition) is 1. The van der Waals surface area contributed by atoms with Crippen molar-refractivity contribution in [3.05, 3.63) is 59.1 Å². The third-order valence-electron chi connectivity index (χ3n) is 4.28. The smallest absolute Gasteiger partial charge is 0.267 e. The average molecular weight is 399 g/mol. The van der Waals surface area contributed by atoms with E-state index in [9.17, 15) is 9.59 Å². The van der Waals surface area contributed by atoms with Gasteiger partial charge in [0.15, 0.2) is 6.10 Å². The Kier molecular flexibility index (Phi) is 6.05. The number of fused-ring (bicyclic) bond motifs is 1. The molecule has 5 nitrogen and oxygen atoms in total. The van der Waals surface area contributed by atoms with Gasteiger partial charge >= 0.3 is 0 Å². The van der Waals surface area contributed by atoms with Crippen LogP contribution in [0.1, 0.15) is 26.3 Å². The molecule has 6 heteroatoms. The summed E-state index contributed by atoms with van der Waals surface area (Å²) in [5, 5.41) is 3.47. The molecule has 1 atom stereocenters. The molecule has 2 amide bonds. The fraction of sp³-hybridized carbons (Fsp3) is 0.273. The summed E-state index contributed by atoms with van der Waals surface area (Å²) in [4.78, 5) is 26.4. The van der Waals surface area contributed by atoms with E-state index in [1.165, 1.54) is 6.08 Å². The highest BCUT2D eigenvalue weighted by molar-refractivity contribution is 6.30. The van der Waals surface area contributed by atoms with E-state index in [0.717, 1.165) is 11.3 Å². The molecule has 0 spiro atoms. The lowest BCUT2D eigenvalue weighted by Crippen LogP contribution is -2.46. The zero-order valence-electron chi connectivity index (χ0n) is 16.1. The fourth-order valence-corrected chi connectivity index (χ4v) is 3.10. The second kappa shape index (κ2) is 8.48. The SMILES string of the molecule is CC(C)CN1C(=O)C(C)Oc2cc(NC(=O)/C=C/c3ccc(Cl)cc3)ccc21. The van der Waals surface area contributed by atoms with Gasteiger partial charge in [0.05, 0.1) is 5.69 Å². The predicted molar refractivity (Wildman–Crippen MR) is 113 cm³/mol. The van der Waals surface area contributed by atoms with Crippen LogP contribution in [0.2, 0.25) is 5.02 Å². The number of amides is 2. The summed E-state index contributed by atoms with van der Waals surface area (Å²) < 4.78 is 5.75. The maximum atomic E-state index is 12.4. The van der Waals surface area contributed by atoms with E-state index >= 15 is 0 Å². The van der Waals surface area contributed by atoms with Gasteiger partial charge in [-0.3, -0.25) is 9.59 Å². The Morgan fingerprint density at radius 3 is 2.64 bits per heavy atom. The van der Waals surface area contributed by atoms with Gasteiger partial charge in [-0.15, -0.1) is 0 Å². The van der Waals surface area contributed by atoms with Crippen LogP contribution in [0.4, 0.5) is 11.4 Å². The van der Waals surface area contributed by atoms with Crippen molar-refractivity contribution in [1.29, 1.82) is 0 Å². The molecule has 1 heterocycles. The average Bonchev–Trinajstić information content (AvgIpc) is 2.64. The molecule has 0 aliphatic carbocycles. The van der Waals surface area contributed by atoms with E-state index in [-0.39, 0.29) is 11.8 Å². The minimum Gasteiger partial charge on any atom is -0.479 e. The lowest BCUT2D eigenvalue weighted by molar-refractivity contribution is -0.125. The van der Waals surface area contributed by atoms with Crippen molar-refractivity contribution < 1.29 is 14.3 Å². The van der Waals surface area contributed by atoms with Gasteiger partial charge in [-0.1, -0.05) is 37.6 Å². The lowest BCUT2D eigenvalue weighted by Gasteiger charge is -2.34. The molecular weight excluding hydrogens is 376 g/mol. The number of ether oxygens (including phenoxy) is 1. The first-order valence-corrected chi connectivity index (χ1v) is 9.58. The second-order valence-electron chi connectivity index (χ2n) is 7.16. The summed E-state index contributed by atoms with van der Waals surface area (Å²) in [6, 6.07) is 12.5. The zero-order chi connectivity index (χ0) is 20.3. The molecule has 146 valence electrons. The largest absolute Gasteiger partial charge is 0.479 e. The summed E-state index contributed by atoms with van der Waals surface area (Å²) in [7, 11) is 0. The summed E-state index contributed by atoms with van der Waals surface area (Å²) >= 11 is 5.86. The van der Waals surface area contributed by atoms with E-state index in [2.05, 4.69) is 19.2 Å². The first-order valence-electron chi connectivity index (χ1n) is 9.20. The van der Waals surface area contributed by atoms with E-state index in [0.29, 0.717) is 28.9 Å². The van der Waals surface area contributed by atoms with Crippen molar-refractivity contribution in [1.82, 2.24) is 0 Å². The highest BCUT2D eigenvalue weighted by atomic mass is 35.5. The molecule has 0 fully saturated rings. The Labute approximate surface area is 169 Å². The van der Waals surface area contributed by atoms with Crippen LogP contribution in [0.5, 0.6) is 5.75 Å². The van der Waals surface area contributed by atoms with Crippen molar-refractivity contribution >= 4 is 40.9 Å². The summed E-state index contributed by atoms with van der Waals surface area (Å²) in [5.74, 6) is 0.615. The molecule has 1 unspecified atom stereocenters. The van der Waals surface area contributed by atoms with Crippen LogP contribution in [-0.2, 0) is 9.59 Å². The Morgan fingerprint density at radius 1 is 1.25 bits per heavy atom. The minimum absolute atomic E-state index is 0.0520. The molecule has 0 bridgehead atoms.